The predicted octanol–water partition coefficient (Wildman–Crippen LogP) is 3.62. The van der Waals surface area contributed by atoms with E-state index in [1.54, 1.807) is 12.1 Å². The molecule has 1 aliphatic heterocycles. The molecule has 3 unspecified atom stereocenters. The number of carbonyl (C=O) groups excluding carboxylic acids is 1. The number of hydrogen-bond donors (Lipinski definition) is 0. The molecule has 3 heteroatoms. The molecule has 3 rings (SSSR count). The van der Waals surface area contributed by atoms with Gasteiger partial charge in [0.05, 0.1) is 0 Å². The maximum Gasteiger partial charge on any atom is 0.254 e. The van der Waals surface area contributed by atoms with E-state index in [0.29, 0.717) is 17.5 Å². The topological polar surface area (TPSA) is 20.3 Å². The number of amides is 1. The summed E-state index contributed by atoms with van der Waals surface area (Å²) < 4.78 is 13.3. The number of likely N-dealkylation sites (tertiary alicyclic amines) is 1. The summed E-state index contributed by atoms with van der Waals surface area (Å²) in [4.78, 5) is 14.6. The molecular weight excluding hydrogens is 241 g/mol. The number of fused-ring (bicyclic) bond motifs is 1. The Labute approximate surface area is 113 Å². The molecule has 102 valence electrons. The minimum Gasteiger partial charge on any atom is -0.333 e. The number of benzene rings is 1. The zero-order valence-corrected chi connectivity index (χ0v) is 11.3. The van der Waals surface area contributed by atoms with E-state index in [1.165, 1.54) is 31.4 Å². The average Bonchev–Trinajstić information content (AvgIpc) is 2.74. The summed E-state index contributed by atoms with van der Waals surface area (Å²) in [5.41, 5.74) is 0.484. The molecule has 1 amide bonds. The first kappa shape index (κ1) is 12.6. The zero-order valence-electron chi connectivity index (χ0n) is 11.3. The largest absolute Gasteiger partial charge is 0.333 e. The van der Waals surface area contributed by atoms with E-state index in [0.717, 1.165) is 12.8 Å². The SMILES string of the molecule is CC1CC2CCCCC2N1C(=O)c1cccc(F)c1. The molecule has 0 N–H and O–H groups in total. The van der Waals surface area contributed by atoms with Crippen molar-refractivity contribution < 1.29 is 9.18 Å². The average molecular weight is 261 g/mol. The molecule has 2 aliphatic rings. The first-order valence-electron chi connectivity index (χ1n) is 7.25. The van der Waals surface area contributed by atoms with E-state index >= 15 is 0 Å². The molecule has 1 saturated carbocycles. The third-order valence-corrected chi connectivity index (χ3v) is 4.65. The minimum absolute atomic E-state index is 0.00130. The van der Waals surface area contributed by atoms with Gasteiger partial charge in [-0.25, -0.2) is 4.39 Å². The number of nitrogens with zero attached hydrogens (tertiary/aromatic N) is 1. The fourth-order valence-electron chi connectivity index (χ4n) is 3.83. The highest BCUT2D eigenvalue weighted by Crippen LogP contribution is 2.40. The zero-order chi connectivity index (χ0) is 13.4. The summed E-state index contributed by atoms with van der Waals surface area (Å²) in [6.07, 6.45) is 5.94. The summed E-state index contributed by atoms with van der Waals surface area (Å²) in [6, 6.07) is 6.72. The Balaban J connectivity index is 1.86. The van der Waals surface area contributed by atoms with E-state index in [2.05, 4.69) is 6.92 Å². The van der Waals surface area contributed by atoms with Crippen LogP contribution in [0.1, 0.15) is 49.4 Å². The summed E-state index contributed by atoms with van der Waals surface area (Å²) in [5.74, 6) is 0.320. The van der Waals surface area contributed by atoms with E-state index < -0.39 is 0 Å². The minimum atomic E-state index is -0.335. The van der Waals surface area contributed by atoms with Crippen LogP contribution in [-0.4, -0.2) is 22.9 Å². The van der Waals surface area contributed by atoms with Gasteiger partial charge >= 0.3 is 0 Å². The van der Waals surface area contributed by atoms with Crippen LogP contribution in [0.25, 0.3) is 0 Å². The van der Waals surface area contributed by atoms with Crippen molar-refractivity contribution in [1.82, 2.24) is 4.90 Å². The second-order valence-corrected chi connectivity index (χ2v) is 5.92. The van der Waals surface area contributed by atoms with Crippen LogP contribution in [0.5, 0.6) is 0 Å². The number of carbonyl (C=O) groups is 1. The second-order valence-electron chi connectivity index (χ2n) is 5.92. The van der Waals surface area contributed by atoms with Gasteiger partial charge in [-0.3, -0.25) is 4.79 Å². The second kappa shape index (κ2) is 4.95. The molecule has 0 aromatic heterocycles. The van der Waals surface area contributed by atoms with Crippen molar-refractivity contribution in [3.8, 4) is 0 Å². The van der Waals surface area contributed by atoms with Gasteiger partial charge in [-0.1, -0.05) is 18.9 Å². The Morgan fingerprint density at radius 2 is 2.11 bits per heavy atom. The Kier molecular flexibility index (Phi) is 3.29. The lowest BCUT2D eigenvalue weighted by atomic mass is 9.85. The molecule has 2 nitrogen and oxygen atoms in total. The van der Waals surface area contributed by atoms with Gasteiger partial charge in [0.15, 0.2) is 0 Å². The number of hydrogen-bond acceptors (Lipinski definition) is 1. The predicted molar refractivity (Wildman–Crippen MR) is 72.4 cm³/mol. The van der Waals surface area contributed by atoms with Gasteiger partial charge in [0.1, 0.15) is 5.82 Å². The van der Waals surface area contributed by atoms with Gasteiger partial charge in [0, 0.05) is 17.6 Å². The standard InChI is InChI=1S/C16H20FNO/c1-11-9-12-5-2-3-8-15(12)18(11)16(19)13-6-4-7-14(17)10-13/h4,6-7,10-12,15H,2-3,5,8-9H2,1H3. The Hall–Kier alpha value is -1.38. The summed E-state index contributed by atoms with van der Waals surface area (Å²) in [6.45, 7) is 2.12. The van der Waals surface area contributed by atoms with Crippen LogP contribution in [-0.2, 0) is 0 Å². The Morgan fingerprint density at radius 3 is 2.89 bits per heavy atom. The van der Waals surface area contributed by atoms with Crippen LogP contribution in [0.3, 0.4) is 0 Å². The maximum atomic E-state index is 13.3. The smallest absolute Gasteiger partial charge is 0.254 e. The van der Waals surface area contributed by atoms with Gasteiger partial charge in [0.2, 0.25) is 0 Å². The van der Waals surface area contributed by atoms with E-state index in [-0.39, 0.29) is 17.8 Å². The highest BCUT2D eigenvalue weighted by Gasteiger charge is 2.42. The Bertz CT molecular complexity index is 487. The van der Waals surface area contributed by atoms with Crippen molar-refractivity contribution >= 4 is 5.91 Å². The molecule has 2 fully saturated rings. The maximum absolute atomic E-state index is 13.3. The summed E-state index contributed by atoms with van der Waals surface area (Å²) in [5, 5.41) is 0. The van der Waals surface area contributed by atoms with Gasteiger partial charge in [-0.2, -0.15) is 0 Å². The molecule has 0 bridgehead atoms. The molecule has 19 heavy (non-hydrogen) atoms. The molecular formula is C16H20FNO. The van der Waals surface area contributed by atoms with Gasteiger partial charge in [-0.15, -0.1) is 0 Å². The van der Waals surface area contributed by atoms with Crippen LogP contribution >= 0.6 is 0 Å². The molecule has 1 heterocycles. The lowest BCUT2D eigenvalue weighted by molar-refractivity contribution is 0.0633. The van der Waals surface area contributed by atoms with Crippen LogP contribution in [0.4, 0.5) is 4.39 Å². The molecule has 1 aliphatic carbocycles. The van der Waals surface area contributed by atoms with Crippen LogP contribution < -0.4 is 0 Å². The van der Waals surface area contributed by atoms with E-state index in [1.807, 2.05) is 4.90 Å². The molecule has 1 aromatic rings. The van der Waals surface area contributed by atoms with Crippen LogP contribution in [0.2, 0.25) is 0 Å². The van der Waals surface area contributed by atoms with Crippen molar-refractivity contribution in [2.75, 3.05) is 0 Å². The third kappa shape index (κ3) is 2.26. The molecule has 1 aromatic carbocycles. The van der Waals surface area contributed by atoms with Crippen molar-refractivity contribution in [3.05, 3.63) is 35.6 Å². The quantitative estimate of drug-likeness (QED) is 0.756. The number of rotatable bonds is 1. The molecule has 0 radical (unpaired) electrons. The highest BCUT2D eigenvalue weighted by atomic mass is 19.1. The fraction of sp³-hybridized carbons (Fsp3) is 0.562. The molecule has 3 atom stereocenters. The molecule has 0 spiro atoms. The van der Waals surface area contributed by atoms with Crippen LogP contribution in [0, 0.1) is 11.7 Å². The first-order valence-corrected chi connectivity index (χ1v) is 7.25. The van der Waals surface area contributed by atoms with Crippen molar-refractivity contribution in [3.63, 3.8) is 0 Å². The lowest BCUT2D eigenvalue weighted by Gasteiger charge is -2.33. The van der Waals surface area contributed by atoms with Crippen LogP contribution in [0.15, 0.2) is 24.3 Å². The van der Waals surface area contributed by atoms with Gasteiger partial charge in [0.25, 0.3) is 5.91 Å². The summed E-state index contributed by atoms with van der Waals surface area (Å²) in [7, 11) is 0. The monoisotopic (exact) mass is 261 g/mol. The van der Waals surface area contributed by atoms with Crippen molar-refractivity contribution in [1.29, 1.82) is 0 Å². The summed E-state index contributed by atoms with van der Waals surface area (Å²) >= 11 is 0. The fourth-order valence-corrected chi connectivity index (χ4v) is 3.83. The molecule has 1 saturated heterocycles. The van der Waals surface area contributed by atoms with Gasteiger partial charge in [-0.05, 0) is 50.3 Å². The number of halogens is 1. The van der Waals surface area contributed by atoms with Crippen molar-refractivity contribution in [2.45, 2.75) is 51.1 Å². The van der Waals surface area contributed by atoms with Gasteiger partial charge < -0.3 is 4.90 Å². The third-order valence-electron chi connectivity index (χ3n) is 4.65. The van der Waals surface area contributed by atoms with E-state index in [4.69, 9.17) is 0 Å². The van der Waals surface area contributed by atoms with Crippen molar-refractivity contribution in [2.24, 2.45) is 5.92 Å². The normalized spacial score (nSPS) is 30.2. The lowest BCUT2D eigenvalue weighted by Crippen LogP contribution is -2.42. The first-order chi connectivity index (χ1) is 9.16. The Morgan fingerprint density at radius 1 is 1.32 bits per heavy atom. The van der Waals surface area contributed by atoms with E-state index in [9.17, 15) is 9.18 Å². The highest BCUT2D eigenvalue weighted by molar-refractivity contribution is 5.94.